The van der Waals surface area contributed by atoms with Crippen LogP contribution in [0, 0.1) is 0 Å². The van der Waals surface area contributed by atoms with Crippen molar-refractivity contribution in [2.45, 2.75) is 6.61 Å². The SMILES string of the molecule is COc1c(Br)c(Br)c(Br)c(OC)c1OCc1ccccc1. The molecule has 0 N–H and O–H groups in total. The van der Waals surface area contributed by atoms with E-state index < -0.39 is 0 Å². The van der Waals surface area contributed by atoms with Gasteiger partial charge in [-0.25, -0.2) is 0 Å². The number of halogens is 3. The Kier molecular flexibility index (Phi) is 5.96. The van der Waals surface area contributed by atoms with Gasteiger partial charge < -0.3 is 14.2 Å². The zero-order valence-electron chi connectivity index (χ0n) is 11.5. The fraction of sp³-hybridized carbons (Fsp3) is 0.200. The van der Waals surface area contributed by atoms with Crippen molar-refractivity contribution in [2.24, 2.45) is 0 Å². The lowest BCUT2D eigenvalue weighted by Gasteiger charge is -2.18. The lowest BCUT2D eigenvalue weighted by molar-refractivity contribution is 0.264. The van der Waals surface area contributed by atoms with Crippen LogP contribution in [-0.4, -0.2) is 14.2 Å². The van der Waals surface area contributed by atoms with Crippen molar-refractivity contribution in [3.8, 4) is 17.2 Å². The number of rotatable bonds is 5. The average Bonchev–Trinajstić information content (AvgIpc) is 2.52. The molecule has 0 amide bonds. The fourth-order valence-corrected chi connectivity index (χ4v) is 3.53. The summed E-state index contributed by atoms with van der Waals surface area (Å²) in [7, 11) is 3.19. The van der Waals surface area contributed by atoms with Crippen LogP contribution in [0.5, 0.6) is 17.2 Å². The quantitative estimate of drug-likeness (QED) is 0.524. The maximum Gasteiger partial charge on any atom is 0.206 e. The van der Waals surface area contributed by atoms with Crippen molar-refractivity contribution in [1.29, 1.82) is 0 Å². The summed E-state index contributed by atoms with van der Waals surface area (Å²) >= 11 is 10.5. The van der Waals surface area contributed by atoms with Gasteiger partial charge in [-0.15, -0.1) is 0 Å². The predicted octanol–water partition coefficient (Wildman–Crippen LogP) is 5.57. The molecule has 0 bridgehead atoms. The van der Waals surface area contributed by atoms with Gasteiger partial charge >= 0.3 is 0 Å². The van der Waals surface area contributed by atoms with Gasteiger partial charge in [0.05, 0.1) is 27.6 Å². The van der Waals surface area contributed by atoms with Gasteiger partial charge in [-0.05, 0) is 53.4 Å². The van der Waals surface area contributed by atoms with Gasteiger partial charge in [-0.3, -0.25) is 0 Å². The summed E-state index contributed by atoms with van der Waals surface area (Å²) in [5.41, 5.74) is 1.07. The molecule has 0 atom stereocenters. The van der Waals surface area contributed by atoms with Crippen LogP contribution in [0.15, 0.2) is 43.7 Å². The summed E-state index contributed by atoms with van der Waals surface area (Å²) in [5, 5.41) is 0. The van der Waals surface area contributed by atoms with Crippen LogP contribution >= 0.6 is 47.8 Å². The second-order valence-electron chi connectivity index (χ2n) is 4.11. The summed E-state index contributed by atoms with van der Waals surface area (Å²) < 4.78 is 19.1. The molecule has 6 heteroatoms. The molecule has 0 aliphatic rings. The van der Waals surface area contributed by atoms with Gasteiger partial charge in [0.1, 0.15) is 6.61 Å². The summed E-state index contributed by atoms with van der Waals surface area (Å²) in [6.45, 7) is 0.425. The first-order valence-electron chi connectivity index (χ1n) is 6.05. The molecule has 0 aliphatic carbocycles. The molecule has 0 radical (unpaired) electrons. The highest BCUT2D eigenvalue weighted by atomic mass is 79.9. The molecule has 2 aromatic rings. The van der Waals surface area contributed by atoms with E-state index >= 15 is 0 Å². The largest absolute Gasteiger partial charge is 0.492 e. The third-order valence-corrected chi connectivity index (χ3v) is 6.20. The van der Waals surface area contributed by atoms with Crippen molar-refractivity contribution in [3.63, 3.8) is 0 Å². The molecule has 3 nitrogen and oxygen atoms in total. The molecule has 112 valence electrons. The number of hydrogen-bond donors (Lipinski definition) is 0. The van der Waals surface area contributed by atoms with Crippen molar-refractivity contribution < 1.29 is 14.2 Å². The molecule has 0 unspecified atom stereocenters. The Morgan fingerprint density at radius 2 is 1.29 bits per heavy atom. The second-order valence-corrected chi connectivity index (χ2v) is 6.49. The predicted molar refractivity (Wildman–Crippen MR) is 93.4 cm³/mol. The molecule has 2 aromatic carbocycles. The number of ether oxygens (including phenoxy) is 3. The van der Waals surface area contributed by atoms with Crippen LogP contribution < -0.4 is 14.2 Å². The Bertz CT molecular complexity index is 599. The van der Waals surface area contributed by atoms with E-state index in [1.54, 1.807) is 14.2 Å². The minimum absolute atomic E-state index is 0.425. The molecule has 2 rings (SSSR count). The maximum atomic E-state index is 5.92. The van der Waals surface area contributed by atoms with Crippen LogP contribution in [0.3, 0.4) is 0 Å². The molecular weight excluding hydrogens is 468 g/mol. The van der Waals surface area contributed by atoms with Gasteiger partial charge in [0.15, 0.2) is 11.5 Å². The van der Waals surface area contributed by atoms with Gasteiger partial charge in [0, 0.05) is 0 Å². The van der Waals surface area contributed by atoms with Crippen LogP contribution in [0.1, 0.15) is 5.56 Å². The summed E-state index contributed by atoms with van der Waals surface area (Å²) in [6.07, 6.45) is 0. The van der Waals surface area contributed by atoms with E-state index in [9.17, 15) is 0 Å². The van der Waals surface area contributed by atoms with Gasteiger partial charge in [-0.1, -0.05) is 30.3 Å². The molecule has 21 heavy (non-hydrogen) atoms. The first-order chi connectivity index (χ1) is 10.1. The average molecular weight is 481 g/mol. The number of hydrogen-bond acceptors (Lipinski definition) is 3. The third-order valence-electron chi connectivity index (χ3n) is 2.83. The first kappa shape index (κ1) is 16.6. The van der Waals surface area contributed by atoms with Gasteiger partial charge in [0.25, 0.3) is 0 Å². The summed E-state index contributed by atoms with van der Waals surface area (Å²) in [5.74, 6) is 1.71. The van der Waals surface area contributed by atoms with E-state index in [2.05, 4.69) is 47.8 Å². The van der Waals surface area contributed by atoms with Gasteiger partial charge in [0.2, 0.25) is 5.75 Å². The van der Waals surface area contributed by atoms with Crippen molar-refractivity contribution in [2.75, 3.05) is 14.2 Å². The molecule has 0 saturated carbocycles. The van der Waals surface area contributed by atoms with E-state index in [0.29, 0.717) is 23.9 Å². The fourth-order valence-electron chi connectivity index (χ4n) is 1.82. The minimum atomic E-state index is 0.425. The highest BCUT2D eigenvalue weighted by molar-refractivity contribution is 9.14. The van der Waals surface area contributed by atoms with Crippen molar-refractivity contribution in [1.82, 2.24) is 0 Å². The zero-order chi connectivity index (χ0) is 15.4. The Hall–Kier alpha value is -0.720. The first-order valence-corrected chi connectivity index (χ1v) is 8.43. The molecule has 0 heterocycles. The topological polar surface area (TPSA) is 27.7 Å². The standard InChI is InChI=1S/C15H13Br3O3/c1-19-13-11(17)10(16)12(18)14(20-2)15(13)21-8-9-6-4-3-5-7-9/h3-7H,8H2,1-2H3. The van der Waals surface area contributed by atoms with Crippen molar-refractivity contribution in [3.05, 3.63) is 49.3 Å². The lowest BCUT2D eigenvalue weighted by Crippen LogP contribution is -2.02. The van der Waals surface area contributed by atoms with E-state index in [0.717, 1.165) is 19.0 Å². The normalized spacial score (nSPS) is 10.3. The molecule has 0 aliphatic heterocycles. The Labute approximate surface area is 149 Å². The third kappa shape index (κ3) is 3.55. The van der Waals surface area contributed by atoms with Crippen LogP contribution in [0.4, 0.5) is 0 Å². The Balaban J connectivity index is 2.41. The highest BCUT2D eigenvalue weighted by Crippen LogP contribution is 2.52. The van der Waals surface area contributed by atoms with E-state index in [-0.39, 0.29) is 0 Å². The van der Waals surface area contributed by atoms with Crippen LogP contribution in [0.2, 0.25) is 0 Å². The summed E-state index contributed by atoms with van der Waals surface area (Å²) in [4.78, 5) is 0. The molecular formula is C15H13Br3O3. The van der Waals surface area contributed by atoms with Gasteiger partial charge in [-0.2, -0.15) is 0 Å². The monoisotopic (exact) mass is 478 g/mol. The second kappa shape index (κ2) is 7.51. The van der Waals surface area contributed by atoms with E-state index in [1.807, 2.05) is 30.3 Å². The Morgan fingerprint density at radius 3 is 1.76 bits per heavy atom. The van der Waals surface area contributed by atoms with Crippen LogP contribution in [-0.2, 0) is 6.61 Å². The molecule has 0 aromatic heterocycles. The minimum Gasteiger partial charge on any atom is -0.492 e. The lowest BCUT2D eigenvalue weighted by atomic mass is 10.2. The van der Waals surface area contributed by atoms with E-state index in [4.69, 9.17) is 14.2 Å². The highest BCUT2D eigenvalue weighted by Gasteiger charge is 2.23. The zero-order valence-corrected chi connectivity index (χ0v) is 16.2. The smallest absolute Gasteiger partial charge is 0.206 e. The maximum absolute atomic E-state index is 5.92. The molecule has 0 spiro atoms. The Morgan fingerprint density at radius 1 is 0.762 bits per heavy atom. The number of benzene rings is 2. The van der Waals surface area contributed by atoms with Crippen molar-refractivity contribution >= 4 is 47.8 Å². The summed E-state index contributed by atoms with van der Waals surface area (Å²) in [6, 6.07) is 9.92. The molecule has 0 saturated heterocycles. The molecule has 0 fully saturated rings. The van der Waals surface area contributed by atoms with E-state index in [1.165, 1.54) is 0 Å². The number of methoxy groups -OCH3 is 2. The van der Waals surface area contributed by atoms with Crippen LogP contribution in [0.25, 0.3) is 0 Å².